The number of thioether (sulfide) groups is 1. The summed E-state index contributed by atoms with van der Waals surface area (Å²) < 4.78 is 9.40. The molecule has 0 N–H and O–H groups in total. The lowest BCUT2D eigenvalue weighted by Crippen LogP contribution is -2.11. The number of ketones is 1. The Morgan fingerprint density at radius 1 is 1.06 bits per heavy atom. The van der Waals surface area contributed by atoms with E-state index in [-0.39, 0.29) is 17.0 Å². The number of nitrogens with zero attached hydrogens (tertiary/aromatic N) is 4. The number of aromatic nitrogens is 4. The van der Waals surface area contributed by atoms with Crippen LogP contribution < -0.4 is 0 Å². The molecule has 0 aliphatic heterocycles. The van der Waals surface area contributed by atoms with Crippen LogP contribution >= 0.6 is 11.8 Å². The van der Waals surface area contributed by atoms with Gasteiger partial charge in [-0.2, -0.15) is 0 Å². The molecule has 4 rings (SSSR count). The second-order valence-electron chi connectivity index (χ2n) is 8.52. The van der Waals surface area contributed by atoms with E-state index in [2.05, 4.69) is 55.2 Å². The highest BCUT2D eigenvalue weighted by atomic mass is 32.2. The SMILES string of the molecule is Cn1cccc1C(=O)CSc1nnc(-c2ccc(C(C)(C)C)cc2)n1Cc1ccco1. The summed E-state index contributed by atoms with van der Waals surface area (Å²) >= 11 is 1.39. The van der Waals surface area contributed by atoms with E-state index in [4.69, 9.17) is 4.42 Å². The molecule has 0 saturated carbocycles. The smallest absolute Gasteiger partial charge is 0.192 e. The maximum atomic E-state index is 12.6. The summed E-state index contributed by atoms with van der Waals surface area (Å²) in [7, 11) is 1.87. The van der Waals surface area contributed by atoms with Crippen LogP contribution in [0.3, 0.4) is 0 Å². The van der Waals surface area contributed by atoms with E-state index < -0.39 is 0 Å². The number of rotatable bonds is 7. The molecule has 0 amide bonds. The van der Waals surface area contributed by atoms with Gasteiger partial charge in [0.1, 0.15) is 5.76 Å². The zero-order valence-corrected chi connectivity index (χ0v) is 19.0. The van der Waals surface area contributed by atoms with Crippen LogP contribution in [0.25, 0.3) is 11.4 Å². The van der Waals surface area contributed by atoms with E-state index in [1.165, 1.54) is 17.3 Å². The summed E-state index contributed by atoms with van der Waals surface area (Å²) in [4.78, 5) is 12.6. The fraction of sp³-hybridized carbons (Fsp3) is 0.292. The van der Waals surface area contributed by atoms with Gasteiger partial charge in [-0.1, -0.05) is 56.8 Å². The second kappa shape index (κ2) is 8.59. The molecule has 3 heterocycles. The summed E-state index contributed by atoms with van der Waals surface area (Å²) in [6.07, 6.45) is 3.53. The normalized spacial score (nSPS) is 11.7. The summed E-state index contributed by atoms with van der Waals surface area (Å²) in [5.74, 6) is 1.91. The molecule has 0 saturated heterocycles. The molecule has 160 valence electrons. The van der Waals surface area contributed by atoms with E-state index >= 15 is 0 Å². The molecular formula is C24H26N4O2S. The van der Waals surface area contributed by atoms with Crippen molar-refractivity contribution in [3.63, 3.8) is 0 Å². The Hall–Kier alpha value is -3.06. The third-order valence-electron chi connectivity index (χ3n) is 5.18. The quantitative estimate of drug-likeness (QED) is 0.296. The molecule has 0 radical (unpaired) electrons. The van der Waals surface area contributed by atoms with E-state index in [1.807, 2.05) is 46.6 Å². The zero-order chi connectivity index (χ0) is 22.0. The van der Waals surface area contributed by atoms with Crippen LogP contribution in [-0.2, 0) is 19.0 Å². The van der Waals surface area contributed by atoms with Crippen molar-refractivity contribution < 1.29 is 9.21 Å². The zero-order valence-electron chi connectivity index (χ0n) is 18.2. The largest absolute Gasteiger partial charge is 0.467 e. The van der Waals surface area contributed by atoms with Gasteiger partial charge in [-0.25, -0.2) is 0 Å². The summed E-state index contributed by atoms with van der Waals surface area (Å²) in [5.41, 5.74) is 3.00. The minimum Gasteiger partial charge on any atom is -0.467 e. The Kier molecular flexibility index (Phi) is 5.87. The number of carbonyl (C=O) groups is 1. The number of aryl methyl sites for hydroxylation is 1. The standard InChI is InChI=1S/C24H26N4O2S/c1-24(2,3)18-11-9-17(10-12-18)22-25-26-23(28(22)15-19-7-6-14-30-19)31-16-21(29)20-8-5-13-27(20)4/h5-14H,15-16H2,1-4H3. The molecule has 3 aromatic heterocycles. The third-order valence-corrected chi connectivity index (χ3v) is 6.15. The first-order valence-corrected chi connectivity index (χ1v) is 11.2. The first kappa shape index (κ1) is 21.2. The molecule has 0 bridgehead atoms. The van der Waals surface area contributed by atoms with E-state index in [0.29, 0.717) is 17.4 Å². The highest BCUT2D eigenvalue weighted by Crippen LogP contribution is 2.28. The fourth-order valence-electron chi connectivity index (χ4n) is 3.38. The van der Waals surface area contributed by atoms with Crippen molar-refractivity contribution in [3.8, 4) is 11.4 Å². The molecule has 0 unspecified atom stereocenters. The number of carbonyl (C=O) groups excluding carboxylic acids is 1. The summed E-state index contributed by atoms with van der Waals surface area (Å²) in [6.45, 7) is 7.08. The van der Waals surface area contributed by atoms with Crippen LogP contribution in [0.15, 0.2) is 70.6 Å². The average molecular weight is 435 g/mol. The van der Waals surface area contributed by atoms with Gasteiger partial charge < -0.3 is 8.98 Å². The van der Waals surface area contributed by atoms with Crippen molar-refractivity contribution >= 4 is 17.5 Å². The molecule has 0 fully saturated rings. The van der Waals surface area contributed by atoms with E-state index in [1.54, 1.807) is 6.26 Å². The maximum absolute atomic E-state index is 12.6. The lowest BCUT2D eigenvalue weighted by molar-refractivity contribution is 0.101. The van der Waals surface area contributed by atoms with Crippen molar-refractivity contribution in [2.75, 3.05) is 5.75 Å². The van der Waals surface area contributed by atoms with Crippen LogP contribution in [0, 0.1) is 0 Å². The molecule has 0 aliphatic carbocycles. The first-order valence-electron chi connectivity index (χ1n) is 10.2. The maximum Gasteiger partial charge on any atom is 0.192 e. The highest BCUT2D eigenvalue weighted by molar-refractivity contribution is 7.99. The number of furan rings is 1. The van der Waals surface area contributed by atoms with Gasteiger partial charge in [0, 0.05) is 18.8 Å². The molecule has 4 aromatic rings. The molecule has 0 aliphatic rings. The van der Waals surface area contributed by atoms with Crippen molar-refractivity contribution in [3.05, 3.63) is 78.0 Å². The van der Waals surface area contributed by atoms with E-state index in [0.717, 1.165) is 17.1 Å². The average Bonchev–Trinajstić information content (AvgIpc) is 3.48. The molecule has 0 atom stereocenters. The van der Waals surface area contributed by atoms with Crippen molar-refractivity contribution in [2.45, 2.75) is 37.9 Å². The lowest BCUT2D eigenvalue weighted by atomic mass is 9.87. The summed E-state index contributed by atoms with van der Waals surface area (Å²) in [6, 6.07) is 15.9. The molecule has 0 spiro atoms. The van der Waals surface area contributed by atoms with Gasteiger partial charge in [0.2, 0.25) is 0 Å². The predicted molar refractivity (Wildman–Crippen MR) is 122 cm³/mol. The highest BCUT2D eigenvalue weighted by Gasteiger charge is 2.19. The first-order chi connectivity index (χ1) is 14.8. The molecule has 7 heteroatoms. The van der Waals surface area contributed by atoms with Crippen LogP contribution in [0.5, 0.6) is 0 Å². The Labute approximate surface area is 186 Å². The third kappa shape index (κ3) is 4.66. The molecule has 31 heavy (non-hydrogen) atoms. The Bertz CT molecular complexity index is 1170. The Morgan fingerprint density at radius 3 is 2.45 bits per heavy atom. The topological polar surface area (TPSA) is 65.8 Å². The monoisotopic (exact) mass is 434 g/mol. The minimum atomic E-state index is 0.0566. The van der Waals surface area contributed by atoms with Crippen LogP contribution in [0.1, 0.15) is 42.6 Å². The van der Waals surface area contributed by atoms with Gasteiger partial charge in [-0.15, -0.1) is 10.2 Å². The minimum absolute atomic E-state index is 0.0566. The summed E-state index contributed by atoms with van der Waals surface area (Å²) in [5, 5.41) is 9.53. The Morgan fingerprint density at radius 2 is 1.84 bits per heavy atom. The Balaban J connectivity index is 1.62. The lowest BCUT2D eigenvalue weighted by Gasteiger charge is -2.19. The van der Waals surface area contributed by atoms with Crippen LogP contribution in [0.4, 0.5) is 0 Å². The molecular weight excluding hydrogens is 408 g/mol. The van der Waals surface area contributed by atoms with Gasteiger partial charge in [0.25, 0.3) is 0 Å². The van der Waals surface area contributed by atoms with Crippen LogP contribution in [0.2, 0.25) is 0 Å². The number of benzene rings is 1. The van der Waals surface area contributed by atoms with Gasteiger partial charge in [-0.3, -0.25) is 9.36 Å². The van der Waals surface area contributed by atoms with Crippen LogP contribution in [-0.4, -0.2) is 30.9 Å². The fourth-order valence-corrected chi connectivity index (χ4v) is 4.20. The molecule has 6 nitrogen and oxygen atoms in total. The van der Waals surface area contributed by atoms with Gasteiger partial charge >= 0.3 is 0 Å². The van der Waals surface area contributed by atoms with Gasteiger partial charge in [0.05, 0.1) is 24.3 Å². The second-order valence-corrected chi connectivity index (χ2v) is 9.46. The van der Waals surface area contributed by atoms with Gasteiger partial charge in [-0.05, 0) is 35.2 Å². The van der Waals surface area contributed by atoms with Gasteiger partial charge in [0.15, 0.2) is 16.8 Å². The van der Waals surface area contributed by atoms with Crippen molar-refractivity contribution in [2.24, 2.45) is 7.05 Å². The van der Waals surface area contributed by atoms with E-state index in [9.17, 15) is 4.79 Å². The predicted octanol–water partition coefficient (Wildman–Crippen LogP) is 5.20. The number of hydrogen-bond acceptors (Lipinski definition) is 5. The number of hydrogen-bond donors (Lipinski definition) is 0. The number of Topliss-reactive ketones (excluding diaryl/α,β-unsaturated/α-hetero) is 1. The van der Waals surface area contributed by atoms with Crippen molar-refractivity contribution in [1.29, 1.82) is 0 Å². The molecule has 1 aromatic carbocycles. The van der Waals surface area contributed by atoms with Crippen molar-refractivity contribution in [1.82, 2.24) is 19.3 Å².